The third-order valence-electron chi connectivity index (χ3n) is 7.49. The van der Waals surface area contributed by atoms with Crippen molar-refractivity contribution in [1.29, 1.82) is 0 Å². The van der Waals surface area contributed by atoms with E-state index in [2.05, 4.69) is 22.4 Å². The first-order valence-electron chi connectivity index (χ1n) is 11.9. The van der Waals surface area contributed by atoms with Gasteiger partial charge in [-0.2, -0.15) is 0 Å². The van der Waals surface area contributed by atoms with Crippen LogP contribution in [-0.2, 0) is 13.0 Å². The predicted molar refractivity (Wildman–Crippen MR) is 136 cm³/mol. The van der Waals surface area contributed by atoms with Crippen molar-refractivity contribution in [2.45, 2.75) is 37.8 Å². The molecule has 1 saturated heterocycles. The van der Waals surface area contributed by atoms with Gasteiger partial charge in [-0.05, 0) is 60.5 Å². The molecule has 3 heterocycles. The summed E-state index contributed by atoms with van der Waals surface area (Å²) in [7, 11) is 1.73. The molecule has 7 heteroatoms. The number of ether oxygens (including phenoxy) is 1. The number of nitrogens with zero attached hydrogens (tertiary/aromatic N) is 1. The Morgan fingerprint density at radius 3 is 2.79 bits per heavy atom. The van der Waals surface area contributed by atoms with Gasteiger partial charge in [-0.25, -0.2) is 4.79 Å². The van der Waals surface area contributed by atoms with Gasteiger partial charge in [-0.15, -0.1) is 11.3 Å². The molecule has 2 aliphatic rings. The van der Waals surface area contributed by atoms with E-state index < -0.39 is 0 Å². The molecular weight excluding hydrogens is 446 g/mol. The molecule has 0 saturated carbocycles. The molecule has 3 unspecified atom stereocenters. The molecule has 0 bridgehead atoms. The number of benzene rings is 2. The molecule has 0 spiro atoms. The van der Waals surface area contributed by atoms with E-state index in [9.17, 15) is 9.59 Å². The van der Waals surface area contributed by atoms with E-state index in [1.807, 2.05) is 42.5 Å². The second kappa shape index (κ2) is 8.56. The Bertz CT molecular complexity index is 1470. The lowest BCUT2D eigenvalue weighted by atomic mass is 9.73. The highest BCUT2D eigenvalue weighted by Crippen LogP contribution is 2.45. The van der Waals surface area contributed by atoms with Crippen LogP contribution in [0.25, 0.3) is 20.7 Å². The summed E-state index contributed by atoms with van der Waals surface area (Å²) in [4.78, 5) is 30.7. The molecule has 4 aromatic rings. The topological polar surface area (TPSA) is 76.1 Å². The summed E-state index contributed by atoms with van der Waals surface area (Å²) in [6.07, 6.45) is 2.89. The van der Waals surface area contributed by atoms with Crippen LogP contribution >= 0.6 is 11.3 Å². The first-order chi connectivity index (χ1) is 16.6. The highest BCUT2D eigenvalue weighted by atomic mass is 32.1. The zero-order chi connectivity index (χ0) is 23.2. The third-order valence-corrected chi connectivity index (χ3v) is 8.59. The van der Waals surface area contributed by atoms with E-state index in [0.717, 1.165) is 42.0 Å². The number of fused-ring (bicyclic) bond motifs is 4. The van der Waals surface area contributed by atoms with Crippen LogP contribution in [0.4, 0.5) is 0 Å². The Kier molecular flexibility index (Phi) is 5.38. The SMILES string of the molecule is COc1cccc2c1CCC1CNC(CCn3c(=O)[nH]c4sc(-c5ccccc5)cc4c3=O)C21. The zero-order valence-corrected chi connectivity index (χ0v) is 19.9. The van der Waals surface area contributed by atoms with Crippen LogP contribution in [0.5, 0.6) is 5.75 Å². The van der Waals surface area contributed by atoms with E-state index in [1.165, 1.54) is 27.0 Å². The maximum Gasteiger partial charge on any atom is 0.329 e. The van der Waals surface area contributed by atoms with Crippen LogP contribution in [0.15, 0.2) is 64.2 Å². The lowest BCUT2D eigenvalue weighted by Gasteiger charge is -2.32. The smallest absolute Gasteiger partial charge is 0.329 e. The van der Waals surface area contributed by atoms with Crippen molar-refractivity contribution < 1.29 is 4.74 Å². The first-order valence-corrected chi connectivity index (χ1v) is 12.7. The summed E-state index contributed by atoms with van der Waals surface area (Å²) in [5.41, 5.74) is 3.16. The van der Waals surface area contributed by atoms with Gasteiger partial charge in [-0.3, -0.25) is 14.3 Å². The number of hydrogen-bond donors (Lipinski definition) is 2. The summed E-state index contributed by atoms with van der Waals surface area (Å²) >= 11 is 1.45. The average Bonchev–Trinajstić information content (AvgIpc) is 3.48. The van der Waals surface area contributed by atoms with Gasteiger partial charge in [0.2, 0.25) is 0 Å². The standard InChI is InChI=1S/C27H27N3O3S/c1-33-22-9-5-8-19-18(22)11-10-17-15-28-21(24(17)19)12-13-30-26(31)20-14-23(16-6-3-2-4-7-16)34-25(20)29-27(30)32/h2-9,14,17,21,24,28H,10-13,15H2,1H3,(H,29,32). The molecule has 0 amide bonds. The molecule has 2 aromatic heterocycles. The van der Waals surface area contributed by atoms with Gasteiger partial charge >= 0.3 is 5.69 Å². The zero-order valence-electron chi connectivity index (χ0n) is 19.0. The van der Waals surface area contributed by atoms with Gasteiger partial charge in [0.25, 0.3) is 5.56 Å². The van der Waals surface area contributed by atoms with Crippen LogP contribution in [0.2, 0.25) is 0 Å². The molecule has 174 valence electrons. The third kappa shape index (κ3) is 3.51. The highest BCUT2D eigenvalue weighted by molar-refractivity contribution is 7.21. The lowest BCUT2D eigenvalue weighted by Crippen LogP contribution is -2.37. The number of aromatic amines is 1. The largest absolute Gasteiger partial charge is 0.496 e. The van der Waals surface area contributed by atoms with Crippen molar-refractivity contribution in [3.8, 4) is 16.2 Å². The Balaban J connectivity index is 1.29. The minimum absolute atomic E-state index is 0.211. The molecule has 6 nitrogen and oxygen atoms in total. The molecule has 34 heavy (non-hydrogen) atoms. The highest BCUT2D eigenvalue weighted by Gasteiger charge is 2.40. The number of methoxy groups -OCH3 is 1. The number of hydrogen-bond acceptors (Lipinski definition) is 5. The maximum absolute atomic E-state index is 13.3. The van der Waals surface area contributed by atoms with Gasteiger partial charge in [0.05, 0.1) is 12.5 Å². The van der Waals surface area contributed by atoms with Gasteiger partial charge < -0.3 is 10.1 Å². The second-order valence-electron chi connectivity index (χ2n) is 9.26. The van der Waals surface area contributed by atoms with Crippen molar-refractivity contribution in [3.05, 3.63) is 86.6 Å². The van der Waals surface area contributed by atoms with E-state index in [4.69, 9.17) is 4.74 Å². The number of H-pyrrole nitrogens is 1. The number of rotatable bonds is 5. The summed E-state index contributed by atoms with van der Waals surface area (Å²) in [5, 5.41) is 4.26. The Morgan fingerprint density at radius 1 is 1.12 bits per heavy atom. The first kappa shape index (κ1) is 21.4. The summed E-state index contributed by atoms with van der Waals surface area (Å²) in [6, 6.07) is 18.4. The molecule has 1 aliphatic carbocycles. The van der Waals surface area contributed by atoms with Gasteiger partial charge in [0.1, 0.15) is 10.6 Å². The quantitative estimate of drug-likeness (QED) is 0.457. The fourth-order valence-electron chi connectivity index (χ4n) is 5.86. The number of aromatic nitrogens is 2. The number of nitrogens with one attached hydrogen (secondary N) is 2. The van der Waals surface area contributed by atoms with Gasteiger partial charge in [0.15, 0.2) is 0 Å². The fourth-order valence-corrected chi connectivity index (χ4v) is 6.91. The summed E-state index contributed by atoms with van der Waals surface area (Å²) in [6.45, 7) is 1.36. The average molecular weight is 474 g/mol. The Labute approximate surface area is 201 Å². The van der Waals surface area contributed by atoms with Crippen molar-refractivity contribution in [3.63, 3.8) is 0 Å². The molecule has 6 rings (SSSR count). The number of thiophene rings is 1. The van der Waals surface area contributed by atoms with E-state index in [1.54, 1.807) is 7.11 Å². The molecule has 2 N–H and O–H groups in total. The fraction of sp³-hybridized carbons (Fsp3) is 0.333. The van der Waals surface area contributed by atoms with Crippen LogP contribution < -0.4 is 21.3 Å². The predicted octanol–water partition coefficient (Wildman–Crippen LogP) is 4.14. The van der Waals surface area contributed by atoms with Crippen molar-refractivity contribution in [2.75, 3.05) is 13.7 Å². The van der Waals surface area contributed by atoms with E-state index in [0.29, 0.717) is 28.6 Å². The minimum Gasteiger partial charge on any atom is -0.496 e. The molecule has 1 fully saturated rings. The van der Waals surface area contributed by atoms with Crippen LogP contribution in [0.1, 0.15) is 29.9 Å². The van der Waals surface area contributed by atoms with E-state index in [-0.39, 0.29) is 17.3 Å². The van der Waals surface area contributed by atoms with Gasteiger partial charge in [0, 0.05) is 23.4 Å². The Hall–Kier alpha value is -3.16. The normalized spacial score (nSPS) is 21.4. The summed E-state index contributed by atoms with van der Waals surface area (Å²) < 4.78 is 6.99. The minimum atomic E-state index is -0.334. The second-order valence-corrected chi connectivity index (χ2v) is 10.3. The van der Waals surface area contributed by atoms with Crippen molar-refractivity contribution >= 4 is 21.6 Å². The van der Waals surface area contributed by atoms with Crippen molar-refractivity contribution in [2.24, 2.45) is 5.92 Å². The van der Waals surface area contributed by atoms with Crippen LogP contribution in [-0.4, -0.2) is 29.2 Å². The molecule has 1 aliphatic heterocycles. The van der Waals surface area contributed by atoms with Crippen LogP contribution in [0.3, 0.4) is 0 Å². The van der Waals surface area contributed by atoms with E-state index >= 15 is 0 Å². The molecule has 0 radical (unpaired) electrons. The molecule has 2 aromatic carbocycles. The molecular formula is C27H27N3O3S. The van der Waals surface area contributed by atoms with Gasteiger partial charge in [-0.1, -0.05) is 42.5 Å². The van der Waals surface area contributed by atoms with Crippen LogP contribution in [0, 0.1) is 5.92 Å². The van der Waals surface area contributed by atoms with Crippen molar-refractivity contribution in [1.82, 2.24) is 14.9 Å². The maximum atomic E-state index is 13.3. The Morgan fingerprint density at radius 2 is 1.97 bits per heavy atom. The molecule has 3 atom stereocenters. The lowest BCUT2D eigenvalue weighted by molar-refractivity contribution is 0.371. The monoisotopic (exact) mass is 473 g/mol. The summed E-state index contributed by atoms with van der Waals surface area (Å²) in [5.74, 6) is 1.92.